The molecule has 0 saturated carbocycles. The number of rotatable bonds is 6. The summed E-state index contributed by atoms with van der Waals surface area (Å²) in [4.78, 5) is 35.0. The Morgan fingerprint density at radius 1 is 1.24 bits per heavy atom. The van der Waals surface area contributed by atoms with Crippen LogP contribution in [0.25, 0.3) is 0 Å². The van der Waals surface area contributed by atoms with Crippen molar-refractivity contribution < 1.29 is 14.4 Å². The quantitative estimate of drug-likeness (QED) is 0.452. The fourth-order valence-electron chi connectivity index (χ4n) is 1.31. The minimum Gasteiger partial charge on any atom is -0.354 e. The van der Waals surface area contributed by atoms with Gasteiger partial charge in [-0.05, 0) is 0 Å². The third kappa shape index (κ3) is 3.78. The van der Waals surface area contributed by atoms with E-state index in [1.54, 1.807) is 0 Å². The standard InChI is InChI=1S/C10H14N2O3S2/c13-8-1-2-9(14)12(8)4-3-11-10(15)7(5-16)6-17/h1-2,7,16-17H,3-6H2,(H,11,15). The highest BCUT2D eigenvalue weighted by molar-refractivity contribution is 7.81. The molecule has 5 nitrogen and oxygen atoms in total. The van der Waals surface area contributed by atoms with Gasteiger partial charge in [-0.1, -0.05) is 0 Å². The van der Waals surface area contributed by atoms with Crippen LogP contribution in [-0.2, 0) is 14.4 Å². The van der Waals surface area contributed by atoms with Crippen LogP contribution in [0.15, 0.2) is 12.2 Å². The van der Waals surface area contributed by atoms with Crippen LogP contribution in [0.5, 0.6) is 0 Å². The first kappa shape index (κ1) is 14.1. The first-order chi connectivity index (χ1) is 8.10. The van der Waals surface area contributed by atoms with E-state index >= 15 is 0 Å². The number of imide groups is 1. The molecule has 0 saturated heterocycles. The predicted octanol–water partition coefficient (Wildman–Crippen LogP) is -0.497. The topological polar surface area (TPSA) is 66.5 Å². The van der Waals surface area contributed by atoms with Gasteiger partial charge in [0.05, 0.1) is 5.92 Å². The van der Waals surface area contributed by atoms with Crippen LogP contribution in [0, 0.1) is 5.92 Å². The van der Waals surface area contributed by atoms with Crippen molar-refractivity contribution in [3.05, 3.63) is 12.2 Å². The Bertz CT molecular complexity index is 335. The van der Waals surface area contributed by atoms with Crippen LogP contribution in [0.1, 0.15) is 0 Å². The molecule has 17 heavy (non-hydrogen) atoms. The maximum absolute atomic E-state index is 11.5. The van der Waals surface area contributed by atoms with Gasteiger partial charge in [0, 0.05) is 36.7 Å². The van der Waals surface area contributed by atoms with Gasteiger partial charge < -0.3 is 5.32 Å². The van der Waals surface area contributed by atoms with Crippen molar-refractivity contribution in [3.8, 4) is 0 Å². The van der Waals surface area contributed by atoms with E-state index in [1.807, 2.05) is 0 Å². The lowest BCUT2D eigenvalue weighted by molar-refractivity contribution is -0.137. The Morgan fingerprint density at radius 3 is 2.24 bits per heavy atom. The van der Waals surface area contributed by atoms with E-state index in [4.69, 9.17) is 0 Å². The van der Waals surface area contributed by atoms with Crippen molar-refractivity contribution in [3.63, 3.8) is 0 Å². The number of carbonyl (C=O) groups excluding carboxylic acids is 3. The molecule has 0 aromatic heterocycles. The lowest BCUT2D eigenvalue weighted by atomic mass is 10.2. The molecule has 0 bridgehead atoms. The lowest BCUT2D eigenvalue weighted by Gasteiger charge is -2.16. The number of nitrogens with zero attached hydrogens (tertiary/aromatic N) is 1. The SMILES string of the molecule is O=C(NCCN1C(=O)C=CC1=O)C(CS)CS. The zero-order valence-electron chi connectivity index (χ0n) is 9.13. The van der Waals surface area contributed by atoms with Gasteiger partial charge in [-0.25, -0.2) is 0 Å². The first-order valence-electron chi connectivity index (χ1n) is 5.13. The Labute approximate surface area is 110 Å². The fraction of sp³-hybridized carbons (Fsp3) is 0.500. The number of hydrogen-bond donors (Lipinski definition) is 3. The highest BCUT2D eigenvalue weighted by Crippen LogP contribution is 2.03. The summed E-state index contributed by atoms with van der Waals surface area (Å²) in [5, 5.41) is 2.64. The molecule has 3 amide bonds. The molecule has 0 aromatic rings. The molecule has 1 heterocycles. The number of amides is 3. The molecule has 0 aliphatic carbocycles. The van der Waals surface area contributed by atoms with Crippen molar-refractivity contribution in [1.29, 1.82) is 0 Å². The molecule has 94 valence electrons. The predicted molar refractivity (Wildman–Crippen MR) is 70.1 cm³/mol. The number of hydrogen-bond acceptors (Lipinski definition) is 5. The van der Waals surface area contributed by atoms with Crippen molar-refractivity contribution in [2.45, 2.75) is 0 Å². The minimum atomic E-state index is -0.343. The largest absolute Gasteiger partial charge is 0.354 e. The number of nitrogens with one attached hydrogen (secondary N) is 1. The summed E-state index contributed by atoms with van der Waals surface area (Å²) >= 11 is 8.07. The molecule has 0 spiro atoms. The Hall–Kier alpha value is -0.950. The maximum Gasteiger partial charge on any atom is 0.253 e. The smallest absolute Gasteiger partial charge is 0.253 e. The molecule has 0 aromatic carbocycles. The van der Waals surface area contributed by atoms with Crippen LogP contribution in [0.3, 0.4) is 0 Å². The van der Waals surface area contributed by atoms with Crippen molar-refractivity contribution in [2.24, 2.45) is 5.92 Å². The highest BCUT2D eigenvalue weighted by atomic mass is 32.1. The van der Waals surface area contributed by atoms with Crippen LogP contribution in [0.4, 0.5) is 0 Å². The fourth-order valence-corrected chi connectivity index (χ4v) is 2.10. The second-order valence-electron chi connectivity index (χ2n) is 3.51. The van der Waals surface area contributed by atoms with Gasteiger partial charge in [-0.15, -0.1) is 0 Å². The Balaban J connectivity index is 2.31. The molecular weight excluding hydrogens is 260 g/mol. The van der Waals surface area contributed by atoms with E-state index in [1.165, 1.54) is 12.2 Å². The second kappa shape index (κ2) is 6.70. The molecule has 0 fully saturated rings. The second-order valence-corrected chi connectivity index (χ2v) is 4.24. The van der Waals surface area contributed by atoms with E-state index in [-0.39, 0.29) is 36.7 Å². The Morgan fingerprint density at radius 2 is 1.76 bits per heavy atom. The average molecular weight is 274 g/mol. The maximum atomic E-state index is 11.5. The minimum absolute atomic E-state index is 0.165. The summed E-state index contributed by atoms with van der Waals surface area (Å²) in [5.74, 6) is -0.281. The zero-order chi connectivity index (χ0) is 12.8. The summed E-state index contributed by atoms with van der Waals surface area (Å²) in [5.41, 5.74) is 0. The average Bonchev–Trinajstić information content (AvgIpc) is 2.62. The van der Waals surface area contributed by atoms with Crippen LogP contribution in [0.2, 0.25) is 0 Å². The van der Waals surface area contributed by atoms with Gasteiger partial charge in [0.15, 0.2) is 0 Å². The van der Waals surface area contributed by atoms with Gasteiger partial charge in [-0.3, -0.25) is 19.3 Å². The summed E-state index contributed by atoms with van der Waals surface area (Å²) in [6.07, 6.45) is 2.43. The summed E-state index contributed by atoms with van der Waals surface area (Å²) in [6.45, 7) is 0.429. The monoisotopic (exact) mass is 274 g/mol. The van der Waals surface area contributed by atoms with Gasteiger partial charge in [0.25, 0.3) is 11.8 Å². The van der Waals surface area contributed by atoms with Gasteiger partial charge in [-0.2, -0.15) is 25.3 Å². The van der Waals surface area contributed by atoms with E-state index in [9.17, 15) is 14.4 Å². The van der Waals surface area contributed by atoms with E-state index in [0.717, 1.165) is 4.90 Å². The van der Waals surface area contributed by atoms with Crippen LogP contribution in [-0.4, -0.2) is 47.2 Å². The molecule has 1 N–H and O–H groups in total. The van der Waals surface area contributed by atoms with Crippen molar-refractivity contribution in [1.82, 2.24) is 10.2 Å². The zero-order valence-corrected chi connectivity index (χ0v) is 10.9. The van der Waals surface area contributed by atoms with Gasteiger partial charge in [0.2, 0.25) is 5.91 Å². The highest BCUT2D eigenvalue weighted by Gasteiger charge is 2.23. The van der Waals surface area contributed by atoms with E-state index in [0.29, 0.717) is 11.5 Å². The van der Waals surface area contributed by atoms with Crippen molar-refractivity contribution in [2.75, 3.05) is 24.6 Å². The third-order valence-corrected chi connectivity index (χ3v) is 3.23. The summed E-state index contributed by atoms with van der Waals surface area (Å²) in [7, 11) is 0. The summed E-state index contributed by atoms with van der Waals surface area (Å²) < 4.78 is 0. The third-order valence-electron chi connectivity index (χ3n) is 2.35. The molecule has 0 atom stereocenters. The van der Waals surface area contributed by atoms with Crippen molar-refractivity contribution >= 4 is 43.0 Å². The van der Waals surface area contributed by atoms with E-state index in [2.05, 4.69) is 30.6 Å². The number of carbonyl (C=O) groups is 3. The first-order valence-corrected chi connectivity index (χ1v) is 6.39. The molecule has 1 rings (SSSR count). The Kier molecular flexibility index (Phi) is 5.57. The normalized spacial score (nSPS) is 14.9. The van der Waals surface area contributed by atoms with E-state index < -0.39 is 0 Å². The van der Waals surface area contributed by atoms with Gasteiger partial charge in [0.1, 0.15) is 0 Å². The lowest BCUT2D eigenvalue weighted by Crippen LogP contribution is -2.40. The summed E-state index contributed by atoms with van der Waals surface area (Å²) in [6, 6.07) is 0. The molecule has 0 unspecified atom stereocenters. The van der Waals surface area contributed by atoms with Gasteiger partial charge >= 0.3 is 0 Å². The van der Waals surface area contributed by atoms with Crippen LogP contribution < -0.4 is 5.32 Å². The molecule has 0 radical (unpaired) electrons. The molecule has 1 aliphatic rings. The molecular formula is C10H14N2O3S2. The molecule has 1 aliphatic heterocycles. The molecule has 7 heteroatoms. The number of thiol groups is 2. The van der Waals surface area contributed by atoms with Crippen LogP contribution >= 0.6 is 25.3 Å².